The molecule has 0 aromatic carbocycles. The minimum Gasteiger partial charge on any atom is -0.465 e. The third kappa shape index (κ3) is 3.10. The van der Waals surface area contributed by atoms with E-state index < -0.39 is 17.1 Å². The molecule has 1 aliphatic heterocycles. The lowest BCUT2D eigenvalue weighted by atomic mass is 10.3. The molecule has 22 heavy (non-hydrogen) atoms. The molecular formula is C13H9N3O4S2. The first kappa shape index (κ1) is 14.5. The average molecular weight is 335 g/mol. The number of nitrogens with one attached hydrogen (secondary N) is 1. The van der Waals surface area contributed by atoms with E-state index in [2.05, 4.69) is 10.3 Å². The number of anilines is 1. The van der Waals surface area contributed by atoms with Crippen LogP contribution in [0.2, 0.25) is 0 Å². The van der Waals surface area contributed by atoms with Gasteiger partial charge in [-0.15, -0.1) is 11.3 Å². The van der Waals surface area contributed by atoms with Gasteiger partial charge >= 0.3 is 0 Å². The Morgan fingerprint density at radius 1 is 1.45 bits per heavy atom. The highest BCUT2D eigenvalue weighted by molar-refractivity contribution is 8.18. The molecule has 3 heterocycles. The van der Waals surface area contributed by atoms with Crippen LogP contribution in [0.15, 0.2) is 39.3 Å². The molecule has 0 atom stereocenters. The van der Waals surface area contributed by atoms with Gasteiger partial charge in [0.2, 0.25) is 5.91 Å². The molecule has 9 heteroatoms. The second-order valence-corrected chi connectivity index (χ2v) is 6.06. The molecule has 3 rings (SSSR count). The van der Waals surface area contributed by atoms with Gasteiger partial charge in [-0.2, -0.15) is 0 Å². The standard InChI is InChI=1S/C13H9N3O4S2/c17-10(15-12-14-3-5-21-12)7-16-11(18)9(22-13(16)19)6-8-2-1-4-20-8/h1-6H,7H2,(H,14,15,17)/b9-6-. The topological polar surface area (TPSA) is 92.5 Å². The normalized spacial score (nSPS) is 16.5. The van der Waals surface area contributed by atoms with E-state index in [9.17, 15) is 14.4 Å². The summed E-state index contributed by atoms with van der Waals surface area (Å²) in [5.41, 5.74) is 0. The zero-order valence-corrected chi connectivity index (χ0v) is 12.6. The van der Waals surface area contributed by atoms with Gasteiger partial charge in [-0.1, -0.05) is 0 Å². The second kappa shape index (κ2) is 6.16. The average Bonchev–Trinajstić information content (AvgIpc) is 3.20. The Labute approximate surface area is 133 Å². The van der Waals surface area contributed by atoms with Gasteiger partial charge in [0.1, 0.15) is 12.3 Å². The Hall–Kier alpha value is -2.39. The fraction of sp³-hybridized carbons (Fsp3) is 0.0769. The van der Waals surface area contributed by atoms with Crippen LogP contribution in [0.3, 0.4) is 0 Å². The molecule has 2 aromatic rings. The number of rotatable bonds is 4. The summed E-state index contributed by atoms with van der Waals surface area (Å²) >= 11 is 2.03. The van der Waals surface area contributed by atoms with E-state index in [4.69, 9.17) is 4.42 Å². The zero-order chi connectivity index (χ0) is 15.5. The first-order valence-corrected chi connectivity index (χ1v) is 7.81. The van der Waals surface area contributed by atoms with Crippen molar-refractivity contribution in [2.75, 3.05) is 11.9 Å². The largest absolute Gasteiger partial charge is 0.465 e. The van der Waals surface area contributed by atoms with Crippen LogP contribution in [0.4, 0.5) is 9.93 Å². The molecule has 0 radical (unpaired) electrons. The predicted molar refractivity (Wildman–Crippen MR) is 82.1 cm³/mol. The molecule has 1 aliphatic rings. The number of carbonyl (C=O) groups excluding carboxylic acids is 3. The van der Waals surface area contributed by atoms with Crippen LogP contribution >= 0.6 is 23.1 Å². The van der Waals surface area contributed by atoms with Gasteiger partial charge in [-0.05, 0) is 23.9 Å². The van der Waals surface area contributed by atoms with Crippen molar-refractivity contribution in [3.05, 3.63) is 40.6 Å². The van der Waals surface area contributed by atoms with E-state index in [1.165, 1.54) is 23.7 Å². The number of hydrogen-bond acceptors (Lipinski definition) is 7. The van der Waals surface area contributed by atoms with Crippen molar-refractivity contribution < 1.29 is 18.8 Å². The number of furan rings is 1. The summed E-state index contributed by atoms with van der Waals surface area (Å²) in [6.07, 6.45) is 4.49. The Morgan fingerprint density at radius 2 is 2.32 bits per heavy atom. The highest BCUT2D eigenvalue weighted by Crippen LogP contribution is 2.32. The van der Waals surface area contributed by atoms with Gasteiger partial charge in [0.25, 0.3) is 11.1 Å². The fourth-order valence-corrected chi connectivity index (χ4v) is 3.09. The maximum Gasteiger partial charge on any atom is 0.294 e. The van der Waals surface area contributed by atoms with Crippen molar-refractivity contribution in [3.8, 4) is 0 Å². The Kier molecular flexibility index (Phi) is 4.07. The minimum absolute atomic E-state index is 0.224. The summed E-state index contributed by atoms with van der Waals surface area (Å²) in [5, 5.41) is 4.17. The minimum atomic E-state index is -0.513. The van der Waals surface area contributed by atoms with Crippen LogP contribution in [-0.2, 0) is 9.59 Å². The summed E-state index contributed by atoms with van der Waals surface area (Å²) in [6.45, 7) is -0.347. The first-order chi connectivity index (χ1) is 10.6. The van der Waals surface area contributed by atoms with Crippen molar-refractivity contribution in [1.29, 1.82) is 0 Å². The molecule has 1 fully saturated rings. The Morgan fingerprint density at radius 3 is 3.00 bits per heavy atom. The highest BCUT2D eigenvalue weighted by atomic mass is 32.2. The van der Waals surface area contributed by atoms with Crippen molar-refractivity contribution in [3.63, 3.8) is 0 Å². The van der Waals surface area contributed by atoms with Crippen LogP contribution in [0.25, 0.3) is 6.08 Å². The van der Waals surface area contributed by atoms with Crippen LogP contribution in [0.1, 0.15) is 5.76 Å². The van der Waals surface area contributed by atoms with Crippen LogP contribution in [-0.4, -0.2) is 33.5 Å². The molecule has 1 N–H and O–H groups in total. The lowest BCUT2D eigenvalue weighted by Crippen LogP contribution is -2.36. The number of thiazole rings is 1. The molecule has 1 saturated heterocycles. The smallest absolute Gasteiger partial charge is 0.294 e. The monoisotopic (exact) mass is 335 g/mol. The number of carbonyl (C=O) groups is 3. The molecule has 7 nitrogen and oxygen atoms in total. The lowest BCUT2D eigenvalue weighted by molar-refractivity contribution is -0.127. The molecular weight excluding hydrogens is 326 g/mol. The number of thioether (sulfide) groups is 1. The third-order valence-corrected chi connectivity index (χ3v) is 4.27. The van der Waals surface area contributed by atoms with E-state index in [1.807, 2.05) is 0 Å². The zero-order valence-electron chi connectivity index (χ0n) is 11.0. The molecule has 3 amide bonds. The molecule has 0 bridgehead atoms. The molecule has 0 saturated carbocycles. The number of imide groups is 1. The van der Waals surface area contributed by atoms with Crippen molar-refractivity contribution >= 4 is 51.4 Å². The van der Waals surface area contributed by atoms with Gasteiger partial charge in [0, 0.05) is 17.7 Å². The summed E-state index contributed by atoms with van der Waals surface area (Å²) in [4.78, 5) is 40.9. The predicted octanol–water partition coefficient (Wildman–Crippen LogP) is 2.41. The highest BCUT2D eigenvalue weighted by Gasteiger charge is 2.36. The number of aromatic nitrogens is 1. The maximum atomic E-state index is 12.2. The van der Waals surface area contributed by atoms with E-state index in [1.54, 1.807) is 23.7 Å². The third-order valence-electron chi connectivity index (χ3n) is 2.67. The SMILES string of the molecule is O=C(CN1C(=O)S/C(=C\c2ccco2)C1=O)Nc1nccs1. The lowest BCUT2D eigenvalue weighted by Gasteiger charge is -2.11. The first-order valence-electron chi connectivity index (χ1n) is 6.12. The molecule has 0 unspecified atom stereocenters. The molecule has 0 aliphatic carbocycles. The van der Waals surface area contributed by atoms with E-state index in [-0.39, 0.29) is 11.4 Å². The van der Waals surface area contributed by atoms with Crippen molar-refractivity contribution in [1.82, 2.24) is 9.88 Å². The van der Waals surface area contributed by atoms with Crippen LogP contribution in [0, 0.1) is 0 Å². The van der Waals surface area contributed by atoms with E-state index in [0.29, 0.717) is 10.9 Å². The molecule has 2 aromatic heterocycles. The summed E-state index contributed by atoms with van der Waals surface area (Å²) < 4.78 is 5.11. The fourth-order valence-electron chi connectivity index (χ4n) is 1.73. The second-order valence-electron chi connectivity index (χ2n) is 4.17. The number of nitrogens with zero attached hydrogens (tertiary/aromatic N) is 2. The van der Waals surface area contributed by atoms with Gasteiger partial charge in [0.15, 0.2) is 5.13 Å². The van der Waals surface area contributed by atoms with Gasteiger partial charge in [-0.25, -0.2) is 4.98 Å². The quantitative estimate of drug-likeness (QED) is 0.863. The van der Waals surface area contributed by atoms with E-state index in [0.717, 1.165) is 16.7 Å². The van der Waals surface area contributed by atoms with Crippen molar-refractivity contribution in [2.24, 2.45) is 0 Å². The molecule has 0 spiro atoms. The number of amides is 3. The van der Waals surface area contributed by atoms with Gasteiger partial charge in [0.05, 0.1) is 11.2 Å². The Balaban J connectivity index is 1.68. The van der Waals surface area contributed by atoms with Gasteiger partial charge in [-0.3, -0.25) is 19.3 Å². The summed E-state index contributed by atoms with van der Waals surface area (Å²) in [5.74, 6) is -0.519. The summed E-state index contributed by atoms with van der Waals surface area (Å²) in [6, 6.07) is 3.35. The van der Waals surface area contributed by atoms with Gasteiger partial charge < -0.3 is 9.73 Å². The van der Waals surface area contributed by atoms with Crippen LogP contribution in [0.5, 0.6) is 0 Å². The van der Waals surface area contributed by atoms with Crippen molar-refractivity contribution in [2.45, 2.75) is 0 Å². The van der Waals surface area contributed by atoms with E-state index >= 15 is 0 Å². The maximum absolute atomic E-state index is 12.2. The summed E-state index contributed by atoms with van der Waals surface area (Å²) in [7, 11) is 0. The Bertz CT molecular complexity index is 737. The molecule has 112 valence electrons. The number of hydrogen-bond donors (Lipinski definition) is 1. The van der Waals surface area contributed by atoms with Crippen LogP contribution < -0.4 is 5.32 Å².